The summed E-state index contributed by atoms with van der Waals surface area (Å²) in [5.74, 6) is 0.827. The van der Waals surface area contributed by atoms with Crippen LogP contribution in [0.25, 0.3) is 5.69 Å². The first-order valence-corrected chi connectivity index (χ1v) is 10.1. The maximum atomic E-state index is 12.9. The molecular formula is C22H25N5O2S. The number of rotatable bonds is 7. The molecule has 0 unspecified atom stereocenters. The van der Waals surface area contributed by atoms with Crippen LogP contribution < -0.4 is 21.0 Å². The van der Waals surface area contributed by atoms with Gasteiger partial charge in [0.1, 0.15) is 11.4 Å². The molecule has 3 rings (SSSR count). The van der Waals surface area contributed by atoms with Crippen molar-refractivity contribution in [3.05, 3.63) is 76.2 Å². The zero-order valence-electron chi connectivity index (χ0n) is 17.3. The topological polar surface area (TPSA) is 72.6 Å². The summed E-state index contributed by atoms with van der Waals surface area (Å²) in [5.41, 5.74) is 5.42. The summed E-state index contributed by atoms with van der Waals surface area (Å²) < 4.78 is 8.94. The van der Waals surface area contributed by atoms with E-state index in [1.807, 2.05) is 68.6 Å². The Morgan fingerprint density at radius 1 is 1.17 bits per heavy atom. The molecule has 3 aromatic rings. The molecular weight excluding hydrogens is 398 g/mol. The van der Waals surface area contributed by atoms with Crippen LogP contribution in [0, 0.1) is 6.92 Å². The summed E-state index contributed by atoms with van der Waals surface area (Å²) in [6.07, 6.45) is 2.62. The first-order valence-electron chi connectivity index (χ1n) is 9.68. The number of hydrogen-bond donors (Lipinski definition) is 2. The smallest absolute Gasteiger partial charge is 0.295 e. The van der Waals surface area contributed by atoms with Crippen LogP contribution in [0.1, 0.15) is 24.6 Å². The fourth-order valence-electron chi connectivity index (χ4n) is 2.89. The van der Waals surface area contributed by atoms with E-state index in [9.17, 15) is 4.79 Å². The van der Waals surface area contributed by atoms with Gasteiger partial charge in [0.15, 0.2) is 5.11 Å². The number of anilines is 1. The van der Waals surface area contributed by atoms with Crippen LogP contribution in [0.2, 0.25) is 0 Å². The molecule has 0 saturated carbocycles. The van der Waals surface area contributed by atoms with Crippen molar-refractivity contribution in [2.24, 2.45) is 12.1 Å². The molecule has 0 aliphatic heterocycles. The third-order valence-corrected chi connectivity index (χ3v) is 4.72. The molecule has 0 atom stereocenters. The van der Waals surface area contributed by atoms with Crippen LogP contribution in [-0.4, -0.2) is 27.3 Å². The SMILES string of the molecule is CCCOc1ccc(/C=N\NC(=S)Nc2c(C)n(C)n(-c3ccccc3)c2=O)cc1. The summed E-state index contributed by atoms with van der Waals surface area (Å²) in [6.45, 7) is 4.62. The average molecular weight is 424 g/mol. The zero-order valence-corrected chi connectivity index (χ0v) is 18.1. The number of nitrogens with zero attached hydrogens (tertiary/aromatic N) is 3. The van der Waals surface area contributed by atoms with Crippen LogP contribution in [-0.2, 0) is 7.05 Å². The normalized spacial score (nSPS) is 10.9. The van der Waals surface area contributed by atoms with E-state index in [1.165, 1.54) is 0 Å². The van der Waals surface area contributed by atoms with Gasteiger partial charge in [-0.15, -0.1) is 0 Å². The first-order chi connectivity index (χ1) is 14.5. The summed E-state index contributed by atoms with van der Waals surface area (Å²) in [5, 5.41) is 7.34. The molecule has 0 fully saturated rings. The van der Waals surface area contributed by atoms with E-state index in [0.717, 1.165) is 29.1 Å². The van der Waals surface area contributed by atoms with E-state index < -0.39 is 0 Å². The second-order valence-corrected chi connectivity index (χ2v) is 7.09. The summed E-state index contributed by atoms with van der Waals surface area (Å²) in [6, 6.07) is 17.1. The standard InChI is InChI=1S/C22H25N5O2S/c1-4-14-29-19-12-10-17(11-13-19)15-23-25-22(30)24-20-16(2)26(3)27(21(20)28)18-8-6-5-7-9-18/h5-13,15H,4,14H2,1-3H3,(H2,24,25,30)/b23-15-. The van der Waals surface area contributed by atoms with Crippen molar-refractivity contribution in [2.75, 3.05) is 11.9 Å². The van der Waals surface area contributed by atoms with Gasteiger partial charge in [-0.25, -0.2) is 4.68 Å². The zero-order chi connectivity index (χ0) is 21.5. The number of para-hydroxylation sites is 1. The van der Waals surface area contributed by atoms with Crippen molar-refractivity contribution >= 4 is 29.2 Å². The molecule has 0 saturated heterocycles. The van der Waals surface area contributed by atoms with Gasteiger partial charge in [-0.3, -0.25) is 14.9 Å². The Morgan fingerprint density at radius 2 is 1.87 bits per heavy atom. The Bertz CT molecular complexity index is 1090. The van der Waals surface area contributed by atoms with E-state index in [1.54, 1.807) is 15.6 Å². The van der Waals surface area contributed by atoms with E-state index in [0.29, 0.717) is 12.3 Å². The van der Waals surface area contributed by atoms with Crippen LogP contribution in [0.15, 0.2) is 64.5 Å². The number of benzene rings is 2. The molecule has 0 aliphatic rings. The molecule has 156 valence electrons. The molecule has 2 N–H and O–H groups in total. The van der Waals surface area contributed by atoms with Gasteiger partial charge < -0.3 is 10.1 Å². The Balaban J connectivity index is 1.65. The lowest BCUT2D eigenvalue weighted by Crippen LogP contribution is -2.28. The van der Waals surface area contributed by atoms with Crippen LogP contribution >= 0.6 is 12.2 Å². The molecule has 30 heavy (non-hydrogen) atoms. The minimum atomic E-state index is -0.183. The highest BCUT2D eigenvalue weighted by atomic mass is 32.1. The van der Waals surface area contributed by atoms with Crippen molar-refractivity contribution in [1.29, 1.82) is 0 Å². The largest absolute Gasteiger partial charge is 0.494 e. The number of hydrogen-bond acceptors (Lipinski definition) is 4. The fourth-order valence-corrected chi connectivity index (χ4v) is 3.04. The van der Waals surface area contributed by atoms with Gasteiger partial charge in [0.2, 0.25) is 0 Å². The lowest BCUT2D eigenvalue weighted by Gasteiger charge is -2.07. The van der Waals surface area contributed by atoms with Crippen molar-refractivity contribution in [2.45, 2.75) is 20.3 Å². The molecule has 0 aliphatic carbocycles. The molecule has 1 heterocycles. The van der Waals surface area contributed by atoms with Gasteiger partial charge >= 0.3 is 0 Å². The summed E-state index contributed by atoms with van der Waals surface area (Å²) in [4.78, 5) is 12.9. The third-order valence-electron chi connectivity index (χ3n) is 4.53. The lowest BCUT2D eigenvalue weighted by molar-refractivity contribution is 0.317. The molecule has 2 aromatic carbocycles. The highest BCUT2D eigenvalue weighted by Gasteiger charge is 2.16. The van der Waals surface area contributed by atoms with E-state index in [4.69, 9.17) is 17.0 Å². The molecule has 1 aromatic heterocycles. The fraction of sp³-hybridized carbons (Fsp3) is 0.227. The Kier molecular flexibility index (Phi) is 7.03. The van der Waals surface area contributed by atoms with Gasteiger partial charge in [0.05, 0.1) is 24.2 Å². The maximum Gasteiger partial charge on any atom is 0.295 e. The summed E-state index contributed by atoms with van der Waals surface area (Å²) >= 11 is 5.30. The minimum Gasteiger partial charge on any atom is -0.494 e. The number of nitrogens with one attached hydrogen (secondary N) is 2. The van der Waals surface area contributed by atoms with Gasteiger partial charge in [-0.2, -0.15) is 5.10 Å². The van der Waals surface area contributed by atoms with Crippen molar-refractivity contribution in [3.8, 4) is 11.4 Å². The van der Waals surface area contributed by atoms with Crippen molar-refractivity contribution < 1.29 is 4.74 Å². The van der Waals surface area contributed by atoms with Gasteiger partial charge in [0.25, 0.3) is 5.56 Å². The predicted molar refractivity (Wildman–Crippen MR) is 125 cm³/mol. The molecule has 8 heteroatoms. The second kappa shape index (κ2) is 9.89. The lowest BCUT2D eigenvalue weighted by atomic mass is 10.2. The molecule has 0 radical (unpaired) electrons. The third kappa shape index (κ3) is 4.96. The number of aromatic nitrogens is 2. The number of hydrazone groups is 1. The average Bonchev–Trinajstić information content (AvgIpc) is 2.97. The Hall–Kier alpha value is -3.39. The van der Waals surface area contributed by atoms with Crippen LogP contribution in [0.3, 0.4) is 0 Å². The minimum absolute atomic E-state index is 0.183. The molecule has 7 nitrogen and oxygen atoms in total. The van der Waals surface area contributed by atoms with Crippen LogP contribution in [0.5, 0.6) is 5.75 Å². The highest BCUT2D eigenvalue weighted by Crippen LogP contribution is 2.14. The Labute approximate surface area is 181 Å². The highest BCUT2D eigenvalue weighted by molar-refractivity contribution is 7.80. The summed E-state index contributed by atoms with van der Waals surface area (Å²) in [7, 11) is 1.83. The predicted octanol–water partition coefficient (Wildman–Crippen LogP) is 3.59. The number of ether oxygens (including phenoxy) is 1. The number of thiocarbonyl (C=S) groups is 1. The van der Waals surface area contributed by atoms with E-state index >= 15 is 0 Å². The molecule has 0 amide bonds. The Morgan fingerprint density at radius 3 is 2.53 bits per heavy atom. The van der Waals surface area contributed by atoms with Gasteiger partial charge in [-0.1, -0.05) is 25.1 Å². The first kappa shape index (κ1) is 21.3. The monoisotopic (exact) mass is 423 g/mol. The van der Waals surface area contributed by atoms with Crippen molar-refractivity contribution in [1.82, 2.24) is 14.8 Å². The van der Waals surface area contributed by atoms with Crippen LogP contribution in [0.4, 0.5) is 5.69 Å². The quantitative estimate of drug-likeness (QED) is 0.345. The van der Waals surface area contributed by atoms with Gasteiger partial charge in [-0.05, 0) is 67.5 Å². The van der Waals surface area contributed by atoms with Gasteiger partial charge in [0, 0.05) is 7.05 Å². The van der Waals surface area contributed by atoms with E-state index in [2.05, 4.69) is 22.8 Å². The van der Waals surface area contributed by atoms with E-state index in [-0.39, 0.29) is 10.7 Å². The maximum absolute atomic E-state index is 12.9. The second-order valence-electron chi connectivity index (χ2n) is 6.68. The molecule has 0 bridgehead atoms. The molecule has 0 spiro atoms. The van der Waals surface area contributed by atoms with Crippen molar-refractivity contribution in [3.63, 3.8) is 0 Å².